The molecule has 0 amide bonds. The average Bonchev–Trinajstić information content (AvgIpc) is 2.26. The van der Waals surface area contributed by atoms with E-state index in [1.807, 2.05) is 0 Å². The Bertz CT molecular complexity index is 332. The minimum atomic E-state index is 0.296. The summed E-state index contributed by atoms with van der Waals surface area (Å²) in [5.41, 5.74) is 3.86. The fraction of sp³-hybridized carbons (Fsp3) is 0.571. The zero-order valence-electron chi connectivity index (χ0n) is 10.5. The molecule has 0 saturated heterocycles. The maximum Gasteiger partial charge on any atom is 0.122 e. The van der Waals surface area contributed by atoms with Crippen LogP contribution in [0.3, 0.4) is 0 Å². The summed E-state index contributed by atoms with van der Waals surface area (Å²) in [6.07, 6.45) is 4.12. The van der Waals surface area contributed by atoms with Gasteiger partial charge in [0.2, 0.25) is 0 Å². The lowest BCUT2D eigenvalue weighted by molar-refractivity contribution is 0.283. The number of ether oxygens (including phenoxy) is 1. The van der Waals surface area contributed by atoms with Crippen LogP contribution in [-0.2, 0) is 6.42 Å². The molecule has 0 unspecified atom stereocenters. The minimum absolute atomic E-state index is 0.296. The van der Waals surface area contributed by atoms with Crippen LogP contribution in [0.1, 0.15) is 36.0 Å². The lowest BCUT2D eigenvalue weighted by Gasteiger charge is -2.12. The van der Waals surface area contributed by atoms with E-state index in [2.05, 4.69) is 26.0 Å². The molecule has 0 fully saturated rings. The van der Waals surface area contributed by atoms with Crippen molar-refractivity contribution in [2.75, 3.05) is 13.7 Å². The summed E-state index contributed by atoms with van der Waals surface area (Å²) in [6.45, 7) is 4.52. The molecule has 0 radical (unpaired) electrons. The van der Waals surface area contributed by atoms with Crippen molar-refractivity contribution in [3.63, 3.8) is 0 Å². The lowest BCUT2D eigenvalue weighted by Crippen LogP contribution is -1.97. The molecule has 0 aliphatic carbocycles. The molecule has 0 atom stereocenters. The molecule has 0 spiro atoms. The third-order valence-corrected chi connectivity index (χ3v) is 2.88. The molecular weight excluding hydrogens is 200 g/mol. The van der Waals surface area contributed by atoms with Crippen LogP contribution >= 0.6 is 0 Å². The van der Waals surface area contributed by atoms with E-state index in [1.165, 1.54) is 16.7 Å². The number of hydrogen-bond donors (Lipinski definition) is 1. The summed E-state index contributed by atoms with van der Waals surface area (Å²) < 4.78 is 5.41. The molecule has 0 aromatic heterocycles. The molecule has 0 aliphatic rings. The molecule has 0 saturated carbocycles. The summed E-state index contributed by atoms with van der Waals surface area (Å²) in [5, 5.41) is 8.73. The number of benzene rings is 1. The third kappa shape index (κ3) is 3.53. The Morgan fingerprint density at radius 1 is 1.12 bits per heavy atom. The van der Waals surface area contributed by atoms with E-state index < -0.39 is 0 Å². The van der Waals surface area contributed by atoms with E-state index in [1.54, 1.807) is 7.11 Å². The van der Waals surface area contributed by atoms with Gasteiger partial charge in [-0.05, 0) is 55.9 Å². The van der Waals surface area contributed by atoms with Gasteiger partial charge in [0.15, 0.2) is 0 Å². The Morgan fingerprint density at radius 3 is 2.50 bits per heavy atom. The van der Waals surface area contributed by atoms with Gasteiger partial charge >= 0.3 is 0 Å². The first-order chi connectivity index (χ1) is 7.69. The van der Waals surface area contributed by atoms with Crippen molar-refractivity contribution in [2.45, 2.75) is 39.5 Å². The molecular formula is C14H22O2. The fourth-order valence-corrected chi connectivity index (χ4v) is 2.05. The van der Waals surface area contributed by atoms with Gasteiger partial charge in [-0.3, -0.25) is 0 Å². The first-order valence-corrected chi connectivity index (χ1v) is 5.94. The summed E-state index contributed by atoms with van der Waals surface area (Å²) in [4.78, 5) is 0. The molecule has 1 rings (SSSR count). The Kier molecular flexibility index (Phi) is 5.33. The topological polar surface area (TPSA) is 29.5 Å². The highest BCUT2D eigenvalue weighted by Gasteiger charge is 2.07. The van der Waals surface area contributed by atoms with Crippen LogP contribution < -0.4 is 4.74 Å². The molecule has 2 heteroatoms. The van der Waals surface area contributed by atoms with Crippen molar-refractivity contribution in [3.8, 4) is 5.75 Å². The number of methoxy groups -OCH3 is 1. The van der Waals surface area contributed by atoms with Gasteiger partial charge in [-0.15, -0.1) is 0 Å². The number of aryl methyl sites for hydroxylation is 2. The average molecular weight is 222 g/mol. The van der Waals surface area contributed by atoms with Crippen molar-refractivity contribution < 1.29 is 9.84 Å². The van der Waals surface area contributed by atoms with E-state index >= 15 is 0 Å². The molecule has 1 N–H and O–H groups in total. The number of aliphatic hydroxyl groups is 1. The first-order valence-electron chi connectivity index (χ1n) is 5.94. The summed E-state index contributed by atoms with van der Waals surface area (Å²) in [6, 6.07) is 4.29. The monoisotopic (exact) mass is 222 g/mol. The van der Waals surface area contributed by atoms with E-state index in [0.717, 1.165) is 31.4 Å². The van der Waals surface area contributed by atoms with Crippen LogP contribution in [0.2, 0.25) is 0 Å². The predicted molar refractivity (Wildman–Crippen MR) is 67.1 cm³/mol. The molecule has 2 nitrogen and oxygen atoms in total. The van der Waals surface area contributed by atoms with Crippen LogP contribution in [-0.4, -0.2) is 18.8 Å². The van der Waals surface area contributed by atoms with Crippen molar-refractivity contribution in [3.05, 3.63) is 28.8 Å². The van der Waals surface area contributed by atoms with E-state index in [9.17, 15) is 0 Å². The highest BCUT2D eigenvalue weighted by Crippen LogP contribution is 2.25. The van der Waals surface area contributed by atoms with Crippen molar-refractivity contribution in [2.24, 2.45) is 0 Å². The van der Waals surface area contributed by atoms with Gasteiger partial charge in [-0.25, -0.2) is 0 Å². The number of unbranched alkanes of at least 4 members (excludes halogenated alkanes) is 2. The van der Waals surface area contributed by atoms with Gasteiger partial charge in [0, 0.05) is 6.61 Å². The molecule has 90 valence electrons. The first kappa shape index (κ1) is 13.0. The molecule has 1 aromatic carbocycles. The Morgan fingerprint density at radius 2 is 1.88 bits per heavy atom. The third-order valence-electron chi connectivity index (χ3n) is 2.88. The van der Waals surface area contributed by atoms with Gasteiger partial charge in [-0.1, -0.05) is 12.5 Å². The minimum Gasteiger partial charge on any atom is -0.496 e. The number of hydrogen-bond acceptors (Lipinski definition) is 2. The van der Waals surface area contributed by atoms with Gasteiger partial charge in [0.1, 0.15) is 5.75 Å². The summed E-state index contributed by atoms with van der Waals surface area (Å²) in [7, 11) is 1.73. The van der Waals surface area contributed by atoms with Gasteiger partial charge in [-0.2, -0.15) is 0 Å². The van der Waals surface area contributed by atoms with Crippen molar-refractivity contribution >= 4 is 0 Å². The van der Waals surface area contributed by atoms with E-state index in [0.29, 0.717) is 6.61 Å². The van der Waals surface area contributed by atoms with Gasteiger partial charge < -0.3 is 9.84 Å². The van der Waals surface area contributed by atoms with Crippen LogP contribution in [0, 0.1) is 13.8 Å². The quantitative estimate of drug-likeness (QED) is 0.750. The maximum absolute atomic E-state index is 8.73. The Hall–Kier alpha value is -1.02. The normalized spacial score (nSPS) is 10.5. The predicted octanol–water partition coefficient (Wildman–Crippen LogP) is 3.02. The zero-order valence-corrected chi connectivity index (χ0v) is 10.5. The molecule has 0 bridgehead atoms. The van der Waals surface area contributed by atoms with Crippen LogP contribution in [0.4, 0.5) is 0 Å². The zero-order chi connectivity index (χ0) is 12.0. The summed E-state index contributed by atoms with van der Waals surface area (Å²) >= 11 is 0. The van der Waals surface area contributed by atoms with Gasteiger partial charge in [0.05, 0.1) is 7.11 Å². The second kappa shape index (κ2) is 6.54. The maximum atomic E-state index is 8.73. The highest BCUT2D eigenvalue weighted by molar-refractivity contribution is 5.43. The second-order valence-corrected chi connectivity index (χ2v) is 4.30. The molecule has 16 heavy (non-hydrogen) atoms. The molecule has 0 heterocycles. The lowest BCUT2D eigenvalue weighted by atomic mass is 9.99. The smallest absolute Gasteiger partial charge is 0.122 e. The largest absolute Gasteiger partial charge is 0.496 e. The number of aliphatic hydroxyl groups excluding tert-OH is 1. The fourth-order valence-electron chi connectivity index (χ4n) is 2.05. The SMILES string of the molecule is COc1cc(C)cc(C)c1CCCCCO. The van der Waals surface area contributed by atoms with E-state index in [4.69, 9.17) is 9.84 Å². The molecule has 1 aromatic rings. The van der Waals surface area contributed by atoms with Crippen LogP contribution in [0.25, 0.3) is 0 Å². The van der Waals surface area contributed by atoms with Gasteiger partial charge in [0.25, 0.3) is 0 Å². The van der Waals surface area contributed by atoms with Crippen LogP contribution in [0.15, 0.2) is 12.1 Å². The summed E-state index contributed by atoms with van der Waals surface area (Å²) in [5.74, 6) is 1.00. The number of rotatable bonds is 6. The van der Waals surface area contributed by atoms with Crippen molar-refractivity contribution in [1.82, 2.24) is 0 Å². The second-order valence-electron chi connectivity index (χ2n) is 4.30. The molecule has 0 aliphatic heterocycles. The van der Waals surface area contributed by atoms with Crippen molar-refractivity contribution in [1.29, 1.82) is 0 Å². The van der Waals surface area contributed by atoms with Crippen LogP contribution in [0.5, 0.6) is 5.75 Å². The standard InChI is InChI=1S/C14H22O2/c1-11-9-12(2)13(14(10-11)16-3)7-5-4-6-8-15/h9-10,15H,4-8H2,1-3H3. The Balaban J connectivity index is 2.70. The highest BCUT2D eigenvalue weighted by atomic mass is 16.5. The van der Waals surface area contributed by atoms with E-state index in [-0.39, 0.29) is 0 Å². The Labute approximate surface area is 98.3 Å².